The van der Waals surface area contributed by atoms with Crippen LogP contribution in [0.15, 0.2) is 48.5 Å². The lowest BCUT2D eigenvalue weighted by atomic mass is 10.1. The van der Waals surface area contributed by atoms with E-state index in [2.05, 4.69) is 11.8 Å². The second-order valence-corrected chi connectivity index (χ2v) is 4.77. The SMILES string of the molecule is CCSOc1ccc(C#Cc2ccccc2)cc1O. The summed E-state index contributed by atoms with van der Waals surface area (Å²) in [4.78, 5) is 0. The van der Waals surface area contributed by atoms with Crippen LogP contribution in [0.25, 0.3) is 0 Å². The fourth-order valence-electron chi connectivity index (χ4n) is 1.45. The topological polar surface area (TPSA) is 29.5 Å². The van der Waals surface area contributed by atoms with Crippen molar-refractivity contribution in [1.82, 2.24) is 0 Å². The lowest BCUT2D eigenvalue weighted by Gasteiger charge is -2.04. The second kappa shape index (κ2) is 6.77. The Bertz CT molecular complexity index is 597. The first-order chi connectivity index (χ1) is 9.29. The predicted octanol–water partition coefficient (Wildman–Crippen LogP) is 3.84. The third-order valence-corrected chi connectivity index (χ3v) is 2.88. The van der Waals surface area contributed by atoms with E-state index in [1.54, 1.807) is 12.1 Å². The molecule has 2 rings (SSSR count). The number of benzene rings is 2. The molecule has 0 unspecified atom stereocenters. The van der Waals surface area contributed by atoms with Crippen LogP contribution in [0.3, 0.4) is 0 Å². The van der Waals surface area contributed by atoms with E-state index >= 15 is 0 Å². The van der Waals surface area contributed by atoms with Crippen molar-refractivity contribution >= 4 is 12.0 Å². The minimum atomic E-state index is 0.112. The fourth-order valence-corrected chi connectivity index (χ4v) is 1.84. The zero-order valence-electron chi connectivity index (χ0n) is 10.6. The van der Waals surface area contributed by atoms with Crippen LogP contribution in [-0.4, -0.2) is 10.9 Å². The molecule has 0 heterocycles. The number of rotatable bonds is 3. The molecule has 3 heteroatoms. The van der Waals surface area contributed by atoms with Gasteiger partial charge in [-0.25, -0.2) is 0 Å². The molecule has 96 valence electrons. The summed E-state index contributed by atoms with van der Waals surface area (Å²) in [6.07, 6.45) is 0. The van der Waals surface area contributed by atoms with Gasteiger partial charge in [0, 0.05) is 16.9 Å². The van der Waals surface area contributed by atoms with Crippen molar-refractivity contribution in [3.05, 3.63) is 59.7 Å². The van der Waals surface area contributed by atoms with Crippen molar-refractivity contribution in [2.24, 2.45) is 0 Å². The van der Waals surface area contributed by atoms with Gasteiger partial charge in [-0.3, -0.25) is 0 Å². The molecule has 0 radical (unpaired) electrons. The van der Waals surface area contributed by atoms with Gasteiger partial charge in [0.2, 0.25) is 0 Å². The highest BCUT2D eigenvalue weighted by Crippen LogP contribution is 2.29. The molecule has 0 bridgehead atoms. The van der Waals surface area contributed by atoms with E-state index in [1.165, 1.54) is 12.0 Å². The van der Waals surface area contributed by atoms with Gasteiger partial charge in [-0.15, -0.1) is 0 Å². The Kier molecular flexibility index (Phi) is 4.77. The van der Waals surface area contributed by atoms with Crippen molar-refractivity contribution < 1.29 is 9.29 Å². The summed E-state index contributed by atoms with van der Waals surface area (Å²) in [6.45, 7) is 1.99. The molecule has 0 amide bonds. The number of aromatic hydroxyl groups is 1. The summed E-state index contributed by atoms with van der Waals surface area (Å²) in [7, 11) is 0. The van der Waals surface area contributed by atoms with E-state index in [1.807, 2.05) is 43.3 Å². The van der Waals surface area contributed by atoms with E-state index < -0.39 is 0 Å². The summed E-state index contributed by atoms with van der Waals surface area (Å²) in [6, 6.07) is 14.9. The van der Waals surface area contributed by atoms with E-state index in [9.17, 15) is 5.11 Å². The minimum absolute atomic E-state index is 0.112. The zero-order valence-corrected chi connectivity index (χ0v) is 11.4. The fraction of sp³-hybridized carbons (Fsp3) is 0.125. The van der Waals surface area contributed by atoms with Crippen molar-refractivity contribution in [2.75, 3.05) is 5.75 Å². The molecule has 0 spiro atoms. The molecule has 0 atom stereocenters. The highest BCUT2D eigenvalue weighted by atomic mass is 32.2. The average Bonchev–Trinajstić information content (AvgIpc) is 2.45. The van der Waals surface area contributed by atoms with E-state index in [0.717, 1.165) is 16.9 Å². The third-order valence-electron chi connectivity index (χ3n) is 2.35. The molecule has 0 aliphatic heterocycles. The average molecular weight is 270 g/mol. The van der Waals surface area contributed by atoms with Crippen LogP contribution in [0.2, 0.25) is 0 Å². The molecular weight excluding hydrogens is 256 g/mol. The van der Waals surface area contributed by atoms with E-state index in [4.69, 9.17) is 4.18 Å². The van der Waals surface area contributed by atoms with Crippen molar-refractivity contribution in [1.29, 1.82) is 0 Å². The molecule has 0 aromatic heterocycles. The maximum atomic E-state index is 9.81. The monoisotopic (exact) mass is 270 g/mol. The molecule has 1 N–H and O–H groups in total. The molecule has 0 aliphatic carbocycles. The highest BCUT2D eigenvalue weighted by molar-refractivity contribution is 7.94. The Balaban J connectivity index is 2.15. The predicted molar refractivity (Wildman–Crippen MR) is 79.3 cm³/mol. The first-order valence-electron chi connectivity index (χ1n) is 5.99. The minimum Gasteiger partial charge on any atom is -0.504 e. The Morgan fingerprint density at radius 3 is 2.47 bits per heavy atom. The molecular formula is C16H14O2S. The van der Waals surface area contributed by atoms with Gasteiger partial charge in [-0.05, 0) is 30.3 Å². The van der Waals surface area contributed by atoms with Gasteiger partial charge in [-0.1, -0.05) is 37.0 Å². The first kappa shape index (κ1) is 13.4. The van der Waals surface area contributed by atoms with Crippen LogP contribution in [0.4, 0.5) is 0 Å². The quantitative estimate of drug-likeness (QED) is 0.679. The van der Waals surface area contributed by atoms with Crippen LogP contribution in [0.1, 0.15) is 18.1 Å². The van der Waals surface area contributed by atoms with Gasteiger partial charge >= 0.3 is 0 Å². The lowest BCUT2D eigenvalue weighted by Crippen LogP contribution is -1.84. The highest BCUT2D eigenvalue weighted by Gasteiger charge is 2.02. The molecule has 2 nitrogen and oxygen atoms in total. The van der Waals surface area contributed by atoms with Crippen LogP contribution >= 0.6 is 12.0 Å². The van der Waals surface area contributed by atoms with Crippen molar-refractivity contribution in [3.63, 3.8) is 0 Å². The van der Waals surface area contributed by atoms with Gasteiger partial charge < -0.3 is 9.29 Å². The molecule has 2 aromatic carbocycles. The van der Waals surface area contributed by atoms with E-state index in [-0.39, 0.29) is 5.75 Å². The Hall–Kier alpha value is -2.05. The zero-order chi connectivity index (χ0) is 13.5. The van der Waals surface area contributed by atoms with E-state index in [0.29, 0.717) is 5.75 Å². The second-order valence-electron chi connectivity index (χ2n) is 3.79. The summed E-state index contributed by atoms with van der Waals surface area (Å²) in [5, 5.41) is 9.81. The molecule has 0 saturated heterocycles. The molecule has 0 saturated carbocycles. The number of hydrogen-bond donors (Lipinski definition) is 1. The maximum Gasteiger partial charge on any atom is 0.179 e. The summed E-state index contributed by atoms with van der Waals surface area (Å²) in [5.41, 5.74) is 1.71. The van der Waals surface area contributed by atoms with Crippen LogP contribution in [0.5, 0.6) is 11.5 Å². The Morgan fingerprint density at radius 1 is 1.05 bits per heavy atom. The van der Waals surface area contributed by atoms with Crippen molar-refractivity contribution in [2.45, 2.75) is 6.92 Å². The first-order valence-corrected chi connectivity index (χ1v) is 6.90. The van der Waals surface area contributed by atoms with Crippen LogP contribution in [-0.2, 0) is 0 Å². The normalized spacial score (nSPS) is 9.53. The lowest BCUT2D eigenvalue weighted by molar-refractivity contribution is 0.450. The number of phenols is 1. The van der Waals surface area contributed by atoms with Crippen molar-refractivity contribution in [3.8, 4) is 23.3 Å². The maximum absolute atomic E-state index is 9.81. The van der Waals surface area contributed by atoms with Gasteiger partial charge in [0.15, 0.2) is 11.5 Å². The van der Waals surface area contributed by atoms with Gasteiger partial charge in [0.05, 0.1) is 12.0 Å². The Morgan fingerprint density at radius 2 is 1.79 bits per heavy atom. The number of hydrogen-bond acceptors (Lipinski definition) is 3. The molecule has 0 fully saturated rings. The van der Waals surface area contributed by atoms with Crippen LogP contribution in [0, 0.1) is 11.8 Å². The third kappa shape index (κ3) is 3.97. The van der Waals surface area contributed by atoms with Gasteiger partial charge in [0.1, 0.15) is 0 Å². The summed E-state index contributed by atoms with van der Waals surface area (Å²) >= 11 is 1.30. The molecule has 19 heavy (non-hydrogen) atoms. The molecule has 0 aliphatic rings. The largest absolute Gasteiger partial charge is 0.504 e. The smallest absolute Gasteiger partial charge is 0.179 e. The standard InChI is InChI=1S/C16H14O2S/c1-2-19-18-16-11-10-14(12-15(16)17)9-8-13-6-4-3-5-7-13/h3-7,10-12,17H,2H2,1H3. The van der Waals surface area contributed by atoms with Gasteiger partial charge in [-0.2, -0.15) is 0 Å². The van der Waals surface area contributed by atoms with Crippen LogP contribution < -0.4 is 4.18 Å². The summed E-state index contributed by atoms with van der Waals surface area (Å²) in [5.74, 6) is 7.47. The Labute approximate surface area is 117 Å². The number of phenolic OH excluding ortho intramolecular Hbond substituents is 1. The van der Waals surface area contributed by atoms with Gasteiger partial charge in [0.25, 0.3) is 0 Å². The molecule has 2 aromatic rings. The summed E-state index contributed by atoms with van der Waals surface area (Å²) < 4.78 is 5.32.